The largest absolute Gasteiger partial charge is 0.481 e. The molecule has 2 aliphatic rings. The van der Waals surface area contributed by atoms with Gasteiger partial charge in [-0.3, -0.25) is 9.59 Å². The first-order chi connectivity index (χ1) is 12.0. The first-order valence-electron chi connectivity index (χ1n) is 8.98. The van der Waals surface area contributed by atoms with Crippen LogP contribution in [0.5, 0.6) is 0 Å². The van der Waals surface area contributed by atoms with Crippen LogP contribution in [-0.2, 0) is 16.0 Å². The second-order valence-electron chi connectivity index (χ2n) is 7.61. The molecule has 25 heavy (non-hydrogen) atoms. The summed E-state index contributed by atoms with van der Waals surface area (Å²) in [6.45, 7) is 1.54. The summed E-state index contributed by atoms with van der Waals surface area (Å²) in [5.41, 5.74) is 1.59. The molecular weight excluding hydrogens is 316 g/mol. The van der Waals surface area contributed by atoms with E-state index in [1.165, 1.54) is 5.56 Å². The highest BCUT2D eigenvalue weighted by Crippen LogP contribution is 2.52. The van der Waals surface area contributed by atoms with E-state index in [2.05, 4.69) is 6.07 Å². The molecule has 1 aliphatic carbocycles. The van der Waals surface area contributed by atoms with E-state index in [0.29, 0.717) is 17.9 Å². The molecule has 5 heteroatoms. The summed E-state index contributed by atoms with van der Waals surface area (Å²) in [7, 11) is 0. The van der Waals surface area contributed by atoms with E-state index in [1.807, 2.05) is 29.2 Å². The Kier molecular flexibility index (Phi) is 5.08. The monoisotopic (exact) mass is 340 g/mol. The Morgan fingerprint density at radius 3 is 2.56 bits per heavy atom. The SMILES string of the molecule is N#Cc1ccc(CC2CCCN(C(=O)CC3(CC(=O)O)CC3)C2)cc1. The van der Waals surface area contributed by atoms with Crippen LogP contribution >= 0.6 is 0 Å². The fourth-order valence-electron chi connectivity index (χ4n) is 3.85. The lowest BCUT2D eigenvalue weighted by atomic mass is 9.90. The van der Waals surface area contributed by atoms with Gasteiger partial charge < -0.3 is 10.0 Å². The molecule has 1 saturated carbocycles. The molecule has 0 radical (unpaired) electrons. The number of nitriles is 1. The zero-order chi connectivity index (χ0) is 17.9. The van der Waals surface area contributed by atoms with E-state index in [1.54, 1.807) is 0 Å². The van der Waals surface area contributed by atoms with Gasteiger partial charge in [-0.1, -0.05) is 12.1 Å². The van der Waals surface area contributed by atoms with Gasteiger partial charge in [-0.05, 0) is 61.1 Å². The molecule has 1 N–H and O–H groups in total. The van der Waals surface area contributed by atoms with Crippen molar-refractivity contribution in [2.45, 2.75) is 44.9 Å². The highest BCUT2D eigenvalue weighted by Gasteiger charge is 2.46. The van der Waals surface area contributed by atoms with E-state index < -0.39 is 5.97 Å². The lowest BCUT2D eigenvalue weighted by Gasteiger charge is -2.34. The summed E-state index contributed by atoms with van der Waals surface area (Å²) in [5, 5.41) is 17.9. The van der Waals surface area contributed by atoms with Gasteiger partial charge in [-0.15, -0.1) is 0 Å². The number of carboxylic acids is 1. The van der Waals surface area contributed by atoms with Gasteiger partial charge in [0.15, 0.2) is 0 Å². The van der Waals surface area contributed by atoms with Crippen molar-refractivity contribution in [3.8, 4) is 6.07 Å². The maximum atomic E-state index is 12.6. The summed E-state index contributed by atoms with van der Waals surface area (Å²) in [5.74, 6) is -0.258. The Morgan fingerprint density at radius 2 is 1.96 bits per heavy atom. The number of carbonyl (C=O) groups is 2. The average Bonchev–Trinajstić information content (AvgIpc) is 3.34. The zero-order valence-electron chi connectivity index (χ0n) is 14.4. The predicted molar refractivity (Wildman–Crippen MR) is 92.7 cm³/mol. The van der Waals surface area contributed by atoms with Crippen molar-refractivity contribution < 1.29 is 14.7 Å². The van der Waals surface area contributed by atoms with Gasteiger partial charge in [0.2, 0.25) is 5.91 Å². The van der Waals surface area contributed by atoms with Crippen LogP contribution in [-0.4, -0.2) is 35.0 Å². The molecule has 5 nitrogen and oxygen atoms in total. The average molecular weight is 340 g/mol. The Morgan fingerprint density at radius 1 is 1.24 bits per heavy atom. The second-order valence-corrected chi connectivity index (χ2v) is 7.61. The molecule has 0 spiro atoms. The van der Waals surface area contributed by atoms with E-state index in [0.717, 1.165) is 45.2 Å². The summed E-state index contributed by atoms with van der Waals surface area (Å²) < 4.78 is 0. The maximum absolute atomic E-state index is 12.6. The molecule has 132 valence electrons. The molecule has 0 aromatic heterocycles. The lowest BCUT2D eigenvalue weighted by molar-refractivity contribution is -0.139. The van der Waals surface area contributed by atoms with Crippen LogP contribution in [0.3, 0.4) is 0 Å². The first-order valence-corrected chi connectivity index (χ1v) is 8.98. The van der Waals surface area contributed by atoms with E-state index in [4.69, 9.17) is 10.4 Å². The molecular formula is C20H24N2O3. The number of aliphatic carboxylic acids is 1. The Hall–Kier alpha value is -2.35. The highest BCUT2D eigenvalue weighted by atomic mass is 16.4. The predicted octanol–water partition coefficient (Wildman–Crippen LogP) is 2.98. The zero-order valence-corrected chi connectivity index (χ0v) is 14.4. The van der Waals surface area contributed by atoms with E-state index >= 15 is 0 Å². The number of rotatable bonds is 6. The minimum atomic E-state index is -0.803. The molecule has 0 bridgehead atoms. The van der Waals surface area contributed by atoms with Crippen LogP contribution in [0.2, 0.25) is 0 Å². The number of nitrogens with zero attached hydrogens (tertiary/aromatic N) is 2. The third kappa shape index (κ3) is 4.60. The van der Waals surface area contributed by atoms with Crippen LogP contribution in [0.15, 0.2) is 24.3 Å². The van der Waals surface area contributed by atoms with Crippen molar-refractivity contribution in [3.05, 3.63) is 35.4 Å². The molecule has 1 atom stereocenters. The minimum Gasteiger partial charge on any atom is -0.481 e. The standard InChI is InChI=1S/C20H24N2O3/c21-13-16-5-3-15(4-6-16)10-17-2-1-9-22(14-17)18(23)11-20(7-8-20)12-19(24)25/h3-6,17H,1-2,7-12,14H2,(H,24,25). The molecule has 3 rings (SSSR count). The summed E-state index contributed by atoms with van der Waals surface area (Å²) in [6.07, 6.45) is 5.21. The minimum absolute atomic E-state index is 0.112. The molecule has 1 aromatic carbocycles. The van der Waals surface area contributed by atoms with Crippen LogP contribution in [0.4, 0.5) is 0 Å². The molecule has 1 aromatic rings. The number of hydrogen-bond acceptors (Lipinski definition) is 3. The third-order valence-corrected chi connectivity index (χ3v) is 5.49. The van der Waals surface area contributed by atoms with Crippen molar-refractivity contribution in [1.29, 1.82) is 5.26 Å². The van der Waals surface area contributed by atoms with Gasteiger partial charge in [0.25, 0.3) is 0 Å². The number of piperidine rings is 1. The number of amides is 1. The van der Waals surface area contributed by atoms with Crippen molar-refractivity contribution in [2.24, 2.45) is 11.3 Å². The Bertz CT molecular complexity index is 686. The van der Waals surface area contributed by atoms with Gasteiger partial charge in [0.05, 0.1) is 18.1 Å². The number of carbonyl (C=O) groups excluding carboxylic acids is 1. The van der Waals surface area contributed by atoms with E-state index in [9.17, 15) is 9.59 Å². The number of carboxylic acid groups (broad SMARTS) is 1. The van der Waals surface area contributed by atoms with Gasteiger partial charge >= 0.3 is 5.97 Å². The molecule has 1 unspecified atom stereocenters. The van der Waals surface area contributed by atoms with E-state index in [-0.39, 0.29) is 17.7 Å². The molecule has 1 heterocycles. The Labute approximate surface area is 148 Å². The molecule has 1 amide bonds. The number of hydrogen-bond donors (Lipinski definition) is 1. The fraction of sp³-hybridized carbons (Fsp3) is 0.550. The summed E-state index contributed by atoms with van der Waals surface area (Å²) in [4.78, 5) is 25.5. The maximum Gasteiger partial charge on any atom is 0.303 e. The van der Waals surface area contributed by atoms with Crippen molar-refractivity contribution in [1.82, 2.24) is 4.90 Å². The quantitative estimate of drug-likeness (QED) is 0.863. The first kappa shape index (κ1) is 17.5. The van der Waals surface area contributed by atoms with Gasteiger partial charge in [-0.25, -0.2) is 0 Å². The lowest BCUT2D eigenvalue weighted by Crippen LogP contribution is -2.41. The smallest absolute Gasteiger partial charge is 0.303 e. The third-order valence-electron chi connectivity index (χ3n) is 5.49. The van der Waals surface area contributed by atoms with Crippen LogP contribution in [0, 0.1) is 22.7 Å². The van der Waals surface area contributed by atoms with Crippen molar-refractivity contribution in [2.75, 3.05) is 13.1 Å². The number of benzene rings is 1. The second kappa shape index (κ2) is 7.26. The molecule has 1 aliphatic heterocycles. The number of likely N-dealkylation sites (tertiary alicyclic amines) is 1. The molecule has 1 saturated heterocycles. The summed E-state index contributed by atoms with van der Waals surface area (Å²) >= 11 is 0. The van der Waals surface area contributed by atoms with Crippen molar-refractivity contribution in [3.63, 3.8) is 0 Å². The van der Waals surface area contributed by atoms with Crippen molar-refractivity contribution >= 4 is 11.9 Å². The normalized spacial score (nSPS) is 21.4. The summed E-state index contributed by atoms with van der Waals surface area (Å²) in [6, 6.07) is 9.78. The van der Waals surface area contributed by atoms with Crippen LogP contribution in [0.1, 0.15) is 49.7 Å². The van der Waals surface area contributed by atoms with Crippen LogP contribution in [0.25, 0.3) is 0 Å². The molecule has 2 fully saturated rings. The fourth-order valence-corrected chi connectivity index (χ4v) is 3.85. The van der Waals surface area contributed by atoms with Gasteiger partial charge in [-0.2, -0.15) is 5.26 Å². The van der Waals surface area contributed by atoms with Crippen LogP contribution < -0.4 is 0 Å². The van der Waals surface area contributed by atoms with Gasteiger partial charge in [0, 0.05) is 19.5 Å². The Balaban J connectivity index is 1.54. The topological polar surface area (TPSA) is 81.4 Å². The van der Waals surface area contributed by atoms with Gasteiger partial charge in [0.1, 0.15) is 0 Å². The highest BCUT2D eigenvalue weighted by molar-refractivity contribution is 5.79.